The number of hydrogen-bond acceptors (Lipinski definition) is 2. The highest BCUT2D eigenvalue weighted by Crippen LogP contribution is 2.17. The van der Waals surface area contributed by atoms with Crippen molar-refractivity contribution in [3.63, 3.8) is 0 Å². The van der Waals surface area contributed by atoms with Gasteiger partial charge in [-0.05, 0) is 43.9 Å². The number of carbonyl (C=O) groups excluding carboxylic acids is 2. The molecular formula is C16H24N2O2. The predicted molar refractivity (Wildman–Crippen MR) is 81.6 cm³/mol. The lowest BCUT2D eigenvalue weighted by molar-refractivity contribution is -0.127. The standard InChI is InChI=1S/C16H24N2O2/c1-5-13(6-2)16(20)17-10-15(19)18-14-9-7-8-11(3)12(14)4/h7-9,13H,5-6,10H2,1-4H3,(H,17,20)(H,18,19). The van der Waals surface area contributed by atoms with Crippen LogP contribution in [0.1, 0.15) is 37.8 Å². The lowest BCUT2D eigenvalue weighted by Crippen LogP contribution is -2.36. The number of amides is 2. The minimum Gasteiger partial charge on any atom is -0.347 e. The van der Waals surface area contributed by atoms with Crippen LogP contribution in [0, 0.1) is 19.8 Å². The van der Waals surface area contributed by atoms with Crippen molar-refractivity contribution in [1.29, 1.82) is 0 Å². The molecule has 0 heterocycles. The minimum atomic E-state index is -0.196. The first-order chi connectivity index (χ1) is 9.49. The van der Waals surface area contributed by atoms with Crippen molar-refractivity contribution in [1.82, 2.24) is 5.32 Å². The molecule has 0 aliphatic carbocycles. The number of anilines is 1. The van der Waals surface area contributed by atoms with E-state index >= 15 is 0 Å². The molecule has 2 N–H and O–H groups in total. The Labute approximate surface area is 121 Å². The van der Waals surface area contributed by atoms with Gasteiger partial charge in [-0.3, -0.25) is 9.59 Å². The summed E-state index contributed by atoms with van der Waals surface area (Å²) in [5, 5.41) is 5.52. The van der Waals surface area contributed by atoms with E-state index in [0.29, 0.717) is 0 Å². The highest BCUT2D eigenvalue weighted by atomic mass is 16.2. The number of carbonyl (C=O) groups is 2. The van der Waals surface area contributed by atoms with E-state index in [9.17, 15) is 9.59 Å². The lowest BCUT2D eigenvalue weighted by atomic mass is 10.0. The Morgan fingerprint density at radius 2 is 1.80 bits per heavy atom. The van der Waals surface area contributed by atoms with Crippen molar-refractivity contribution in [2.45, 2.75) is 40.5 Å². The molecule has 1 aromatic rings. The van der Waals surface area contributed by atoms with Gasteiger partial charge >= 0.3 is 0 Å². The average Bonchev–Trinajstić information content (AvgIpc) is 2.43. The molecule has 0 radical (unpaired) electrons. The molecule has 0 aliphatic rings. The fraction of sp³-hybridized carbons (Fsp3) is 0.500. The summed E-state index contributed by atoms with van der Waals surface area (Å²) in [6, 6.07) is 5.77. The molecule has 110 valence electrons. The zero-order chi connectivity index (χ0) is 15.1. The molecule has 4 heteroatoms. The molecule has 1 rings (SSSR count). The molecule has 20 heavy (non-hydrogen) atoms. The fourth-order valence-corrected chi connectivity index (χ4v) is 2.05. The summed E-state index contributed by atoms with van der Waals surface area (Å²) in [5.41, 5.74) is 2.97. The molecule has 0 spiro atoms. The molecule has 1 aromatic carbocycles. The molecule has 0 atom stereocenters. The molecule has 2 amide bonds. The van der Waals surface area contributed by atoms with Gasteiger partial charge in [0, 0.05) is 11.6 Å². The lowest BCUT2D eigenvalue weighted by Gasteiger charge is -2.14. The van der Waals surface area contributed by atoms with Crippen molar-refractivity contribution in [2.75, 3.05) is 11.9 Å². The van der Waals surface area contributed by atoms with Crippen LogP contribution in [0.15, 0.2) is 18.2 Å². The molecule has 0 unspecified atom stereocenters. The third-order valence-electron chi connectivity index (χ3n) is 3.66. The smallest absolute Gasteiger partial charge is 0.243 e. The Hall–Kier alpha value is -1.84. The summed E-state index contributed by atoms with van der Waals surface area (Å²) in [6.07, 6.45) is 1.59. The minimum absolute atomic E-state index is 0.0106. The quantitative estimate of drug-likeness (QED) is 0.839. The summed E-state index contributed by atoms with van der Waals surface area (Å²) in [6.45, 7) is 7.93. The van der Waals surface area contributed by atoms with E-state index in [1.165, 1.54) is 0 Å². The molecule has 0 aliphatic heterocycles. The molecule has 0 fully saturated rings. The van der Waals surface area contributed by atoms with Gasteiger partial charge in [0.25, 0.3) is 0 Å². The zero-order valence-corrected chi connectivity index (χ0v) is 12.7. The first-order valence-corrected chi connectivity index (χ1v) is 7.13. The Morgan fingerprint density at radius 3 is 2.40 bits per heavy atom. The first kappa shape index (κ1) is 16.2. The number of aryl methyl sites for hydroxylation is 1. The third kappa shape index (κ3) is 4.37. The van der Waals surface area contributed by atoms with Gasteiger partial charge in [-0.1, -0.05) is 26.0 Å². The molecule has 0 saturated carbocycles. The highest BCUT2D eigenvalue weighted by Gasteiger charge is 2.15. The average molecular weight is 276 g/mol. The van der Waals surface area contributed by atoms with Gasteiger partial charge in [0.05, 0.1) is 6.54 Å². The van der Waals surface area contributed by atoms with Crippen LogP contribution in [0.2, 0.25) is 0 Å². The largest absolute Gasteiger partial charge is 0.347 e. The van der Waals surface area contributed by atoms with Crippen molar-refractivity contribution < 1.29 is 9.59 Å². The van der Waals surface area contributed by atoms with Gasteiger partial charge < -0.3 is 10.6 Å². The van der Waals surface area contributed by atoms with Crippen molar-refractivity contribution in [3.05, 3.63) is 29.3 Å². The number of nitrogens with one attached hydrogen (secondary N) is 2. The summed E-state index contributed by atoms with van der Waals surface area (Å²) in [5.74, 6) is -0.257. The van der Waals surface area contributed by atoms with Gasteiger partial charge in [-0.25, -0.2) is 0 Å². The summed E-state index contributed by atoms with van der Waals surface area (Å²) in [7, 11) is 0. The van der Waals surface area contributed by atoms with Gasteiger partial charge in [-0.2, -0.15) is 0 Å². The second-order valence-corrected chi connectivity index (χ2v) is 5.03. The van der Waals surface area contributed by atoms with E-state index in [4.69, 9.17) is 0 Å². The van der Waals surface area contributed by atoms with Crippen LogP contribution >= 0.6 is 0 Å². The van der Waals surface area contributed by atoms with Crippen LogP contribution in [-0.4, -0.2) is 18.4 Å². The fourth-order valence-electron chi connectivity index (χ4n) is 2.05. The second kappa shape index (κ2) is 7.68. The number of hydrogen-bond donors (Lipinski definition) is 2. The predicted octanol–water partition coefficient (Wildman–Crippen LogP) is 2.79. The normalized spacial score (nSPS) is 10.4. The Bertz CT molecular complexity index is 479. The van der Waals surface area contributed by atoms with Gasteiger partial charge in [0.1, 0.15) is 0 Å². The Kier molecular flexibility index (Phi) is 6.22. The summed E-state index contributed by atoms with van der Waals surface area (Å²) >= 11 is 0. The number of benzene rings is 1. The van der Waals surface area contributed by atoms with E-state index in [1.54, 1.807) is 0 Å². The third-order valence-corrected chi connectivity index (χ3v) is 3.66. The summed E-state index contributed by atoms with van der Waals surface area (Å²) < 4.78 is 0. The molecule has 0 aromatic heterocycles. The number of rotatable bonds is 6. The van der Waals surface area contributed by atoms with Crippen LogP contribution in [-0.2, 0) is 9.59 Å². The Balaban J connectivity index is 2.52. The maximum atomic E-state index is 11.9. The van der Waals surface area contributed by atoms with E-state index in [1.807, 2.05) is 45.9 Å². The van der Waals surface area contributed by atoms with Gasteiger partial charge in [0.15, 0.2) is 0 Å². The Morgan fingerprint density at radius 1 is 1.15 bits per heavy atom. The van der Waals surface area contributed by atoms with Crippen LogP contribution < -0.4 is 10.6 Å². The van der Waals surface area contributed by atoms with Crippen LogP contribution in [0.5, 0.6) is 0 Å². The van der Waals surface area contributed by atoms with Crippen molar-refractivity contribution in [3.8, 4) is 0 Å². The molecule has 0 bridgehead atoms. The summed E-state index contributed by atoms with van der Waals surface area (Å²) in [4.78, 5) is 23.6. The van der Waals surface area contributed by atoms with Crippen LogP contribution in [0.4, 0.5) is 5.69 Å². The van der Waals surface area contributed by atoms with E-state index < -0.39 is 0 Å². The van der Waals surface area contributed by atoms with E-state index in [0.717, 1.165) is 29.7 Å². The first-order valence-electron chi connectivity index (χ1n) is 7.13. The van der Waals surface area contributed by atoms with Crippen LogP contribution in [0.3, 0.4) is 0 Å². The zero-order valence-electron chi connectivity index (χ0n) is 12.7. The molecule has 0 saturated heterocycles. The van der Waals surface area contributed by atoms with Gasteiger partial charge in [-0.15, -0.1) is 0 Å². The van der Waals surface area contributed by atoms with Crippen LogP contribution in [0.25, 0.3) is 0 Å². The molecular weight excluding hydrogens is 252 g/mol. The van der Waals surface area contributed by atoms with E-state index in [-0.39, 0.29) is 24.3 Å². The maximum Gasteiger partial charge on any atom is 0.243 e. The van der Waals surface area contributed by atoms with Gasteiger partial charge in [0.2, 0.25) is 11.8 Å². The topological polar surface area (TPSA) is 58.2 Å². The monoisotopic (exact) mass is 276 g/mol. The van der Waals surface area contributed by atoms with Crippen molar-refractivity contribution >= 4 is 17.5 Å². The van der Waals surface area contributed by atoms with Crippen molar-refractivity contribution in [2.24, 2.45) is 5.92 Å². The second-order valence-electron chi connectivity index (χ2n) is 5.03. The SMILES string of the molecule is CCC(CC)C(=O)NCC(=O)Nc1cccc(C)c1C. The highest BCUT2D eigenvalue weighted by molar-refractivity contribution is 5.95. The maximum absolute atomic E-state index is 11.9. The van der Waals surface area contributed by atoms with E-state index in [2.05, 4.69) is 10.6 Å². The molecule has 4 nitrogen and oxygen atoms in total.